The monoisotopic (exact) mass is 433 g/mol. The fraction of sp³-hybridized carbons (Fsp3) is 0.0667. The van der Waals surface area contributed by atoms with Crippen LogP contribution in [0, 0.1) is 15.2 Å². The third kappa shape index (κ3) is 4.62. The molecule has 0 aliphatic heterocycles. The van der Waals surface area contributed by atoms with Gasteiger partial charge in [0.1, 0.15) is 11.3 Å². The lowest BCUT2D eigenvalue weighted by Crippen LogP contribution is -2.21. The lowest BCUT2D eigenvalue weighted by molar-refractivity contribution is -0.119. The van der Waals surface area contributed by atoms with Gasteiger partial charge < -0.3 is 15.2 Å². The number of phenols is 1. The molecule has 0 saturated carbocycles. The van der Waals surface area contributed by atoms with Crippen LogP contribution in [0.4, 0.5) is 14.5 Å². The number of hydrogen-bond acceptors (Lipinski definition) is 4. The Bertz CT molecular complexity index is 767. The second-order valence-corrected chi connectivity index (χ2v) is 5.66. The summed E-state index contributed by atoms with van der Waals surface area (Å²) in [5.74, 6) is -4.01. The van der Waals surface area contributed by atoms with Gasteiger partial charge in [-0.1, -0.05) is 0 Å². The molecule has 0 aliphatic carbocycles. The van der Waals surface area contributed by atoms with Gasteiger partial charge in [-0.05, 0) is 52.9 Å². The molecule has 0 atom stereocenters. The number of amides is 1. The molecule has 120 valence electrons. The molecule has 0 aliphatic rings. The average molecular weight is 433 g/mol. The molecule has 2 aromatic carbocycles. The van der Waals surface area contributed by atoms with Crippen molar-refractivity contribution in [1.82, 2.24) is 0 Å². The van der Waals surface area contributed by atoms with Gasteiger partial charge in [0.25, 0.3) is 5.91 Å². The molecule has 0 bridgehead atoms. The second-order valence-electron chi connectivity index (χ2n) is 4.41. The zero-order chi connectivity index (χ0) is 17.0. The van der Waals surface area contributed by atoms with Crippen LogP contribution < -0.4 is 5.32 Å². The van der Waals surface area contributed by atoms with E-state index in [1.165, 1.54) is 18.2 Å². The Morgan fingerprint density at radius 2 is 1.87 bits per heavy atom. The van der Waals surface area contributed by atoms with Crippen molar-refractivity contribution in [2.75, 3.05) is 11.9 Å². The van der Waals surface area contributed by atoms with Crippen molar-refractivity contribution < 1.29 is 28.2 Å². The Labute approximate surface area is 143 Å². The summed E-state index contributed by atoms with van der Waals surface area (Å²) in [7, 11) is 0. The van der Waals surface area contributed by atoms with Gasteiger partial charge in [-0.2, -0.15) is 0 Å². The van der Waals surface area contributed by atoms with Crippen molar-refractivity contribution in [2.45, 2.75) is 0 Å². The van der Waals surface area contributed by atoms with Gasteiger partial charge in [-0.3, -0.25) is 4.79 Å². The molecule has 0 fully saturated rings. The Morgan fingerprint density at radius 3 is 2.57 bits per heavy atom. The fourth-order valence-corrected chi connectivity index (χ4v) is 2.14. The first-order valence-electron chi connectivity index (χ1n) is 6.27. The molecule has 2 aromatic rings. The van der Waals surface area contributed by atoms with Crippen LogP contribution in [0.25, 0.3) is 0 Å². The van der Waals surface area contributed by atoms with E-state index in [1.54, 1.807) is 6.07 Å². The minimum Gasteiger partial charge on any atom is -0.507 e. The largest absolute Gasteiger partial charge is 0.507 e. The molecule has 0 heterocycles. The smallest absolute Gasteiger partial charge is 0.342 e. The normalized spacial score (nSPS) is 10.2. The summed E-state index contributed by atoms with van der Waals surface area (Å²) < 4.78 is 31.3. The Kier molecular flexibility index (Phi) is 5.48. The SMILES string of the molecule is O=C(COC(=O)c1cc(I)ccc1O)Nc1ccc(F)c(F)c1. The molecule has 2 N–H and O–H groups in total. The standard InChI is InChI=1S/C15H10F2INO4/c16-11-3-2-9(6-12(11)17)19-14(21)7-23-15(22)10-5-8(18)1-4-13(10)20/h1-6,20H,7H2,(H,19,21). The highest BCUT2D eigenvalue weighted by atomic mass is 127. The van der Waals surface area contributed by atoms with E-state index in [9.17, 15) is 23.5 Å². The topological polar surface area (TPSA) is 75.6 Å². The first-order valence-corrected chi connectivity index (χ1v) is 7.35. The zero-order valence-electron chi connectivity index (χ0n) is 11.5. The number of carbonyl (C=O) groups is 2. The van der Waals surface area contributed by atoms with E-state index < -0.39 is 30.1 Å². The summed E-state index contributed by atoms with van der Waals surface area (Å²) in [4.78, 5) is 23.4. The van der Waals surface area contributed by atoms with Gasteiger partial charge in [-0.25, -0.2) is 13.6 Å². The van der Waals surface area contributed by atoms with Crippen molar-refractivity contribution in [3.8, 4) is 5.75 Å². The van der Waals surface area contributed by atoms with Crippen molar-refractivity contribution >= 4 is 40.2 Å². The van der Waals surface area contributed by atoms with Crippen LogP contribution in [0.15, 0.2) is 36.4 Å². The quantitative estimate of drug-likeness (QED) is 0.575. The molecule has 0 radical (unpaired) electrons. The maximum atomic E-state index is 13.0. The summed E-state index contributed by atoms with van der Waals surface area (Å²) in [6.45, 7) is -0.636. The third-order valence-corrected chi connectivity index (χ3v) is 3.39. The highest BCUT2D eigenvalue weighted by Crippen LogP contribution is 2.20. The number of esters is 1. The molecule has 0 spiro atoms. The van der Waals surface area contributed by atoms with E-state index in [2.05, 4.69) is 5.32 Å². The summed E-state index contributed by atoms with van der Waals surface area (Å²) >= 11 is 1.95. The molecular formula is C15H10F2INO4. The lowest BCUT2D eigenvalue weighted by atomic mass is 10.2. The molecule has 0 saturated heterocycles. The van der Waals surface area contributed by atoms with E-state index in [0.717, 1.165) is 12.1 Å². The Balaban J connectivity index is 1.94. The van der Waals surface area contributed by atoms with Crippen molar-refractivity contribution in [3.63, 3.8) is 0 Å². The van der Waals surface area contributed by atoms with Crippen molar-refractivity contribution in [2.24, 2.45) is 0 Å². The summed E-state index contributed by atoms with van der Waals surface area (Å²) in [5.41, 5.74) is -0.0421. The minimum atomic E-state index is -1.11. The fourth-order valence-electron chi connectivity index (χ4n) is 1.65. The Hall–Kier alpha value is -2.23. The number of benzene rings is 2. The third-order valence-electron chi connectivity index (χ3n) is 2.72. The van der Waals surface area contributed by atoms with Crippen LogP contribution in [0.2, 0.25) is 0 Å². The number of rotatable bonds is 4. The van der Waals surface area contributed by atoms with Crippen LogP contribution in [0.1, 0.15) is 10.4 Å². The first-order chi connectivity index (χ1) is 10.9. The van der Waals surface area contributed by atoms with Crippen LogP contribution in [0.3, 0.4) is 0 Å². The average Bonchev–Trinajstić information content (AvgIpc) is 2.51. The Morgan fingerprint density at radius 1 is 1.13 bits per heavy atom. The highest BCUT2D eigenvalue weighted by Gasteiger charge is 2.15. The molecule has 23 heavy (non-hydrogen) atoms. The molecule has 8 heteroatoms. The van der Waals surface area contributed by atoms with Gasteiger partial charge in [0.05, 0.1) is 0 Å². The van der Waals surface area contributed by atoms with Crippen LogP contribution in [-0.4, -0.2) is 23.6 Å². The van der Waals surface area contributed by atoms with E-state index in [0.29, 0.717) is 3.57 Å². The summed E-state index contributed by atoms with van der Waals surface area (Å²) in [6.07, 6.45) is 0. The van der Waals surface area contributed by atoms with Crippen molar-refractivity contribution in [3.05, 3.63) is 57.2 Å². The van der Waals surface area contributed by atoms with Crippen LogP contribution >= 0.6 is 22.6 Å². The van der Waals surface area contributed by atoms with Gasteiger partial charge in [0.2, 0.25) is 0 Å². The molecule has 2 rings (SSSR count). The van der Waals surface area contributed by atoms with E-state index in [1.807, 2.05) is 22.6 Å². The maximum Gasteiger partial charge on any atom is 0.342 e. The number of ether oxygens (including phenoxy) is 1. The predicted octanol–water partition coefficient (Wildman–Crippen LogP) is 3.07. The number of carbonyl (C=O) groups excluding carboxylic acids is 2. The molecule has 5 nitrogen and oxygen atoms in total. The first kappa shape index (κ1) is 17.1. The van der Waals surface area contributed by atoms with Gasteiger partial charge in [-0.15, -0.1) is 0 Å². The molecular weight excluding hydrogens is 423 g/mol. The lowest BCUT2D eigenvalue weighted by Gasteiger charge is -2.08. The van der Waals surface area contributed by atoms with Crippen molar-refractivity contribution in [1.29, 1.82) is 0 Å². The van der Waals surface area contributed by atoms with Gasteiger partial charge in [0, 0.05) is 15.3 Å². The summed E-state index contributed by atoms with van der Waals surface area (Å²) in [5, 5.41) is 11.8. The minimum absolute atomic E-state index is 0.0297. The van der Waals surface area contributed by atoms with Gasteiger partial charge in [0.15, 0.2) is 18.2 Å². The molecule has 0 aromatic heterocycles. The second kappa shape index (κ2) is 7.36. The predicted molar refractivity (Wildman–Crippen MR) is 86.1 cm³/mol. The zero-order valence-corrected chi connectivity index (χ0v) is 13.6. The highest BCUT2D eigenvalue weighted by molar-refractivity contribution is 14.1. The van der Waals surface area contributed by atoms with E-state index >= 15 is 0 Å². The number of phenolic OH excluding ortho intramolecular Hbond substituents is 1. The van der Waals surface area contributed by atoms with E-state index in [4.69, 9.17) is 4.74 Å². The number of aromatic hydroxyl groups is 1. The summed E-state index contributed by atoms with van der Waals surface area (Å²) in [6, 6.07) is 7.18. The molecule has 0 unspecified atom stereocenters. The number of hydrogen-bond donors (Lipinski definition) is 2. The van der Waals surface area contributed by atoms with Crippen LogP contribution in [-0.2, 0) is 9.53 Å². The molecule has 1 amide bonds. The number of anilines is 1. The maximum absolute atomic E-state index is 13.0. The van der Waals surface area contributed by atoms with E-state index in [-0.39, 0.29) is 17.0 Å². The van der Waals surface area contributed by atoms with Gasteiger partial charge >= 0.3 is 5.97 Å². The van der Waals surface area contributed by atoms with Crippen LogP contribution in [0.5, 0.6) is 5.75 Å². The number of nitrogens with one attached hydrogen (secondary N) is 1. The number of halogens is 3.